The first-order valence-corrected chi connectivity index (χ1v) is 9.95. The minimum Gasteiger partial charge on any atom is -0.497 e. The van der Waals surface area contributed by atoms with Crippen molar-refractivity contribution in [3.05, 3.63) is 53.9 Å². The number of H-pyrrole nitrogens is 1. The SMILES string of the molecule is CCNC(=NCc1ccc(OC)cc1OC)NCc1nc(-c2ccc(OC)cc2)n[nH]1.I. The van der Waals surface area contributed by atoms with Crippen LogP contribution in [0.3, 0.4) is 0 Å². The zero-order valence-electron chi connectivity index (χ0n) is 18.6. The third kappa shape index (κ3) is 6.74. The number of methoxy groups -OCH3 is 3. The van der Waals surface area contributed by atoms with Crippen LogP contribution in [0.1, 0.15) is 18.3 Å². The molecule has 9 nitrogen and oxygen atoms in total. The number of nitrogens with one attached hydrogen (secondary N) is 3. The first-order chi connectivity index (χ1) is 15.2. The van der Waals surface area contributed by atoms with E-state index >= 15 is 0 Å². The molecule has 0 saturated heterocycles. The van der Waals surface area contributed by atoms with Gasteiger partial charge in [-0.1, -0.05) is 0 Å². The molecule has 0 bridgehead atoms. The van der Waals surface area contributed by atoms with Gasteiger partial charge in [0, 0.05) is 23.7 Å². The summed E-state index contributed by atoms with van der Waals surface area (Å²) in [7, 11) is 4.90. The summed E-state index contributed by atoms with van der Waals surface area (Å²) in [5.41, 5.74) is 1.87. The highest BCUT2D eigenvalue weighted by atomic mass is 127. The third-order valence-corrected chi connectivity index (χ3v) is 4.55. The van der Waals surface area contributed by atoms with Gasteiger partial charge < -0.3 is 24.8 Å². The second-order valence-corrected chi connectivity index (χ2v) is 6.56. The van der Waals surface area contributed by atoms with Crippen molar-refractivity contribution in [2.75, 3.05) is 27.9 Å². The van der Waals surface area contributed by atoms with E-state index in [4.69, 9.17) is 14.2 Å². The maximum atomic E-state index is 5.45. The summed E-state index contributed by atoms with van der Waals surface area (Å²) in [4.78, 5) is 9.19. The van der Waals surface area contributed by atoms with E-state index in [9.17, 15) is 0 Å². The first kappa shape index (κ1) is 25.2. The zero-order chi connectivity index (χ0) is 22.1. The van der Waals surface area contributed by atoms with Crippen molar-refractivity contribution in [1.82, 2.24) is 25.8 Å². The average Bonchev–Trinajstić information content (AvgIpc) is 3.30. The van der Waals surface area contributed by atoms with E-state index in [1.165, 1.54) is 0 Å². The predicted molar refractivity (Wildman–Crippen MR) is 135 cm³/mol. The lowest BCUT2D eigenvalue weighted by Gasteiger charge is -2.12. The molecule has 3 rings (SSSR count). The Bertz CT molecular complexity index is 1010. The van der Waals surface area contributed by atoms with Crippen molar-refractivity contribution in [3.63, 3.8) is 0 Å². The molecule has 32 heavy (non-hydrogen) atoms. The maximum Gasteiger partial charge on any atom is 0.191 e. The highest BCUT2D eigenvalue weighted by Crippen LogP contribution is 2.25. The summed E-state index contributed by atoms with van der Waals surface area (Å²) in [5.74, 6) is 4.28. The lowest BCUT2D eigenvalue weighted by Crippen LogP contribution is -2.37. The van der Waals surface area contributed by atoms with Crippen molar-refractivity contribution in [2.24, 2.45) is 4.99 Å². The Morgan fingerprint density at radius 2 is 1.69 bits per heavy atom. The van der Waals surface area contributed by atoms with Gasteiger partial charge in [0.15, 0.2) is 11.8 Å². The fourth-order valence-corrected chi connectivity index (χ4v) is 2.90. The minimum absolute atomic E-state index is 0. The van der Waals surface area contributed by atoms with Gasteiger partial charge in [0.2, 0.25) is 0 Å². The van der Waals surface area contributed by atoms with Crippen molar-refractivity contribution in [3.8, 4) is 28.6 Å². The van der Waals surface area contributed by atoms with E-state index in [-0.39, 0.29) is 24.0 Å². The van der Waals surface area contributed by atoms with Gasteiger partial charge in [-0.2, -0.15) is 5.10 Å². The number of aliphatic imine (C=N–C) groups is 1. The second kappa shape index (κ2) is 12.7. The number of aromatic amines is 1. The number of benzene rings is 2. The number of aromatic nitrogens is 3. The van der Waals surface area contributed by atoms with Crippen LogP contribution in [0, 0.1) is 0 Å². The Balaban J connectivity index is 0.00000363. The van der Waals surface area contributed by atoms with Gasteiger partial charge in [-0.25, -0.2) is 9.98 Å². The lowest BCUT2D eigenvalue weighted by atomic mass is 10.2. The van der Waals surface area contributed by atoms with Crippen LogP contribution in [-0.4, -0.2) is 49.0 Å². The van der Waals surface area contributed by atoms with Gasteiger partial charge in [-0.3, -0.25) is 5.10 Å². The van der Waals surface area contributed by atoms with E-state index in [0.717, 1.165) is 34.9 Å². The number of guanidine groups is 1. The molecule has 0 amide bonds. The van der Waals surface area contributed by atoms with Gasteiger partial charge in [0.25, 0.3) is 0 Å². The van der Waals surface area contributed by atoms with Crippen LogP contribution in [0.5, 0.6) is 17.2 Å². The number of hydrogen-bond acceptors (Lipinski definition) is 6. The minimum atomic E-state index is 0. The molecule has 0 fully saturated rings. The van der Waals surface area contributed by atoms with E-state index in [0.29, 0.717) is 30.7 Å². The fourth-order valence-electron chi connectivity index (χ4n) is 2.90. The molecule has 0 radical (unpaired) electrons. The van der Waals surface area contributed by atoms with Crippen LogP contribution in [0.15, 0.2) is 47.5 Å². The van der Waals surface area contributed by atoms with Crippen LogP contribution < -0.4 is 24.8 Å². The lowest BCUT2D eigenvalue weighted by molar-refractivity contribution is 0.391. The predicted octanol–water partition coefficient (Wildman–Crippen LogP) is 3.37. The normalized spacial score (nSPS) is 10.8. The number of ether oxygens (including phenoxy) is 3. The number of rotatable bonds is 9. The summed E-state index contributed by atoms with van der Waals surface area (Å²) in [6.07, 6.45) is 0. The molecule has 0 aliphatic rings. The van der Waals surface area contributed by atoms with Crippen LogP contribution >= 0.6 is 24.0 Å². The zero-order valence-corrected chi connectivity index (χ0v) is 21.0. The summed E-state index contributed by atoms with van der Waals surface area (Å²) < 4.78 is 15.9. The van der Waals surface area contributed by atoms with E-state index in [1.54, 1.807) is 21.3 Å². The Hall–Kier alpha value is -3.02. The molecular formula is C22H29IN6O3. The van der Waals surface area contributed by atoms with Gasteiger partial charge >= 0.3 is 0 Å². The van der Waals surface area contributed by atoms with Gasteiger partial charge in [0.05, 0.1) is 34.4 Å². The van der Waals surface area contributed by atoms with Gasteiger partial charge in [-0.15, -0.1) is 24.0 Å². The van der Waals surface area contributed by atoms with Crippen LogP contribution in [0.4, 0.5) is 0 Å². The van der Waals surface area contributed by atoms with E-state index in [2.05, 4.69) is 30.8 Å². The van der Waals surface area contributed by atoms with Crippen LogP contribution in [0.2, 0.25) is 0 Å². The molecule has 1 aromatic heterocycles. The first-order valence-electron chi connectivity index (χ1n) is 9.95. The molecular weight excluding hydrogens is 523 g/mol. The summed E-state index contributed by atoms with van der Waals surface area (Å²) in [6, 6.07) is 13.3. The smallest absolute Gasteiger partial charge is 0.191 e. The third-order valence-electron chi connectivity index (χ3n) is 4.55. The topological polar surface area (TPSA) is 106 Å². The molecule has 0 spiro atoms. The van der Waals surface area contributed by atoms with Gasteiger partial charge in [-0.05, 0) is 43.3 Å². The summed E-state index contributed by atoms with van der Waals surface area (Å²) in [5, 5.41) is 13.8. The molecule has 3 N–H and O–H groups in total. The van der Waals surface area contributed by atoms with Crippen LogP contribution in [0.25, 0.3) is 11.4 Å². The van der Waals surface area contributed by atoms with E-state index in [1.807, 2.05) is 49.4 Å². The summed E-state index contributed by atoms with van der Waals surface area (Å²) >= 11 is 0. The fraction of sp³-hybridized carbons (Fsp3) is 0.318. The Morgan fingerprint density at radius 1 is 0.969 bits per heavy atom. The molecule has 0 unspecified atom stereocenters. The van der Waals surface area contributed by atoms with Gasteiger partial charge in [0.1, 0.15) is 23.1 Å². The number of halogens is 1. The molecule has 172 valence electrons. The van der Waals surface area contributed by atoms with Crippen molar-refractivity contribution in [1.29, 1.82) is 0 Å². The monoisotopic (exact) mass is 552 g/mol. The number of nitrogens with zero attached hydrogens (tertiary/aromatic N) is 3. The number of hydrogen-bond donors (Lipinski definition) is 3. The average molecular weight is 552 g/mol. The highest BCUT2D eigenvalue weighted by Gasteiger charge is 2.08. The largest absolute Gasteiger partial charge is 0.497 e. The van der Waals surface area contributed by atoms with Crippen molar-refractivity contribution < 1.29 is 14.2 Å². The van der Waals surface area contributed by atoms with Crippen LogP contribution in [-0.2, 0) is 13.1 Å². The Morgan fingerprint density at radius 3 is 2.34 bits per heavy atom. The highest BCUT2D eigenvalue weighted by molar-refractivity contribution is 14.0. The molecule has 0 saturated carbocycles. The van der Waals surface area contributed by atoms with Crippen molar-refractivity contribution >= 4 is 29.9 Å². The molecule has 3 aromatic rings. The maximum absolute atomic E-state index is 5.45. The molecule has 1 heterocycles. The standard InChI is InChI=1S/C22H28N6O3.HI/c1-5-23-22(24-13-16-8-11-18(30-3)12-19(16)31-4)25-14-20-26-21(28-27-20)15-6-9-17(29-2)10-7-15;/h6-12H,5,13-14H2,1-4H3,(H2,23,24,25)(H,26,27,28);1H. The Kier molecular flexibility index (Phi) is 10.1. The Labute approximate surface area is 205 Å². The van der Waals surface area contributed by atoms with E-state index < -0.39 is 0 Å². The molecule has 2 aromatic carbocycles. The molecule has 10 heteroatoms. The van der Waals surface area contributed by atoms with Crippen molar-refractivity contribution in [2.45, 2.75) is 20.0 Å². The quantitative estimate of drug-likeness (QED) is 0.212. The summed E-state index contributed by atoms with van der Waals surface area (Å²) in [6.45, 7) is 3.66. The molecule has 0 aliphatic heterocycles. The molecule has 0 atom stereocenters. The molecule has 0 aliphatic carbocycles. The second-order valence-electron chi connectivity index (χ2n) is 6.56.